The number of rotatable bonds is 4. The van der Waals surface area contributed by atoms with Gasteiger partial charge in [0.15, 0.2) is 0 Å². The van der Waals surface area contributed by atoms with Crippen molar-refractivity contribution < 1.29 is 35.9 Å². The zero-order valence-corrected chi connectivity index (χ0v) is 12.9. The fraction of sp³-hybridized carbons (Fsp3) is 0.500. The van der Waals surface area contributed by atoms with Crippen LogP contribution in [0.25, 0.3) is 0 Å². The molecule has 0 atom stereocenters. The van der Waals surface area contributed by atoms with Gasteiger partial charge in [0.05, 0.1) is 23.3 Å². The standard InChI is InChI=1S/C14H13ClF6O2/c1-12(2,15)3-4-23-11(22)8-5-9(13(16,17)18)7-10(6-8)14(19,20)21/h5-7H,3-4H2,1-2H3. The molecule has 130 valence electrons. The van der Waals surface area contributed by atoms with E-state index in [2.05, 4.69) is 4.74 Å². The molecule has 2 nitrogen and oxygen atoms in total. The summed E-state index contributed by atoms with van der Waals surface area (Å²) in [7, 11) is 0. The highest BCUT2D eigenvalue weighted by Crippen LogP contribution is 2.36. The highest BCUT2D eigenvalue weighted by molar-refractivity contribution is 6.23. The molecule has 1 aromatic rings. The van der Waals surface area contributed by atoms with Gasteiger partial charge in [-0.05, 0) is 32.0 Å². The van der Waals surface area contributed by atoms with E-state index in [4.69, 9.17) is 11.6 Å². The number of halogens is 7. The quantitative estimate of drug-likeness (QED) is 0.413. The molecule has 1 aromatic carbocycles. The third-order valence-corrected chi connectivity index (χ3v) is 2.94. The van der Waals surface area contributed by atoms with Gasteiger partial charge in [-0.25, -0.2) is 4.79 Å². The minimum atomic E-state index is -5.02. The Labute approximate surface area is 133 Å². The molecule has 0 N–H and O–H groups in total. The number of carbonyl (C=O) groups is 1. The van der Waals surface area contributed by atoms with Gasteiger partial charge in [0.1, 0.15) is 0 Å². The molecular weight excluding hydrogens is 350 g/mol. The molecule has 0 saturated carbocycles. The third-order valence-electron chi connectivity index (χ3n) is 2.75. The first kappa shape index (κ1) is 19.6. The summed E-state index contributed by atoms with van der Waals surface area (Å²) in [5, 5.41) is 0. The van der Waals surface area contributed by atoms with Gasteiger partial charge in [-0.2, -0.15) is 26.3 Å². The first-order valence-corrected chi connectivity index (χ1v) is 6.73. The summed E-state index contributed by atoms with van der Waals surface area (Å²) >= 11 is 5.84. The molecular formula is C14H13ClF6O2. The van der Waals surface area contributed by atoms with Gasteiger partial charge >= 0.3 is 18.3 Å². The van der Waals surface area contributed by atoms with Gasteiger partial charge in [-0.15, -0.1) is 11.6 Å². The van der Waals surface area contributed by atoms with Crippen molar-refractivity contribution in [3.05, 3.63) is 34.9 Å². The summed E-state index contributed by atoms with van der Waals surface area (Å²) < 4.78 is 80.7. The average Bonchev–Trinajstić information content (AvgIpc) is 2.34. The maximum Gasteiger partial charge on any atom is 0.416 e. The molecule has 0 saturated heterocycles. The average molecular weight is 363 g/mol. The molecule has 0 fully saturated rings. The molecule has 0 heterocycles. The van der Waals surface area contributed by atoms with Crippen LogP contribution in [0.15, 0.2) is 18.2 Å². The van der Waals surface area contributed by atoms with Crippen molar-refractivity contribution in [3.63, 3.8) is 0 Å². The number of alkyl halides is 7. The number of hydrogen-bond acceptors (Lipinski definition) is 2. The van der Waals surface area contributed by atoms with E-state index in [-0.39, 0.29) is 19.1 Å². The largest absolute Gasteiger partial charge is 0.462 e. The number of benzene rings is 1. The van der Waals surface area contributed by atoms with Crippen LogP contribution in [0.4, 0.5) is 26.3 Å². The fourth-order valence-electron chi connectivity index (χ4n) is 1.54. The monoisotopic (exact) mass is 362 g/mol. The highest BCUT2D eigenvalue weighted by Gasteiger charge is 2.37. The molecule has 0 radical (unpaired) electrons. The summed E-state index contributed by atoms with van der Waals surface area (Å²) in [4.78, 5) is 11.0. The molecule has 0 unspecified atom stereocenters. The molecule has 0 aliphatic heterocycles. The van der Waals surface area contributed by atoms with E-state index in [0.717, 1.165) is 0 Å². The first-order valence-electron chi connectivity index (χ1n) is 6.36. The molecule has 1 rings (SSSR count). The second-order valence-corrected chi connectivity index (χ2v) is 6.42. The molecule has 0 amide bonds. The van der Waals surface area contributed by atoms with Crippen molar-refractivity contribution in [1.29, 1.82) is 0 Å². The highest BCUT2D eigenvalue weighted by atomic mass is 35.5. The second-order valence-electron chi connectivity index (χ2n) is 5.40. The summed E-state index contributed by atoms with van der Waals surface area (Å²) in [6.07, 6.45) is -9.85. The first-order chi connectivity index (χ1) is 10.2. The molecule has 0 aliphatic rings. The maximum atomic E-state index is 12.7. The van der Waals surface area contributed by atoms with Gasteiger partial charge in [-0.3, -0.25) is 0 Å². The zero-order valence-electron chi connectivity index (χ0n) is 12.1. The Balaban J connectivity index is 3.08. The SMILES string of the molecule is CC(C)(Cl)CCOC(=O)c1cc(C(F)(F)F)cc(C(F)(F)F)c1. The predicted octanol–water partition coefficient (Wildman–Crippen LogP) is 5.29. The van der Waals surface area contributed by atoms with Crippen LogP contribution in [-0.4, -0.2) is 17.5 Å². The third kappa shape index (κ3) is 6.29. The smallest absolute Gasteiger partial charge is 0.416 e. The van der Waals surface area contributed by atoms with E-state index >= 15 is 0 Å². The van der Waals surface area contributed by atoms with E-state index in [1.807, 2.05) is 0 Å². The summed E-state index contributed by atoms with van der Waals surface area (Å²) in [5.41, 5.74) is -3.96. The van der Waals surface area contributed by atoms with Crippen LogP contribution >= 0.6 is 11.6 Å². The van der Waals surface area contributed by atoms with Crippen molar-refractivity contribution in [3.8, 4) is 0 Å². The van der Waals surface area contributed by atoms with Gasteiger partial charge in [0.2, 0.25) is 0 Å². The Morgan fingerprint density at radius 1 is 1.00 bits per heavy atom. The predicted molar refractivity (Wildman–Crippen MR) is 71.3 cm³/mol. The molecule has 9 heteroatoms. The molecule has 0 bridgehead atoms. The fourth-order valence-corrected chi connectivity index (χ4v) is 1.62. The van der Waals surface area contributed by atoms with E-state index in [0.29, 0.717) is 12.1 Å². The Morgan fingerprint density at radius 3 is 1.78 bits per heavy atom. The molecule has 0 aromatic heterocycles. The number of hydrogen-bond donors (Lipinski definition) is 0. The van der Waals surface area contributed by atoms with Gasteiger partial charge in [0.25, 0.3) is 0 Å². The van der Waals surface area contributed by atoms with Crippen LogP contribution in [-0.2, 0) is 17.1 Å². The van der Waals surface area contributed by atoms with Crippen molar-refractivity contribution in [2.75, 3.05) is 6.61 Å². The Hall–Kier alpha value is -1.44. The lowest BCUT2D eigenvalue weighted by atomic mass is 10.0. The molecule has 0 spiro atoms. The van der Waals surface area contributed by atoms with Crippen molar-refractivity contribution in [2.45, 2.75) is 37.5 Å². The Morgan fingerprint density at radius 2 is 1.43 bits per heavy atom. The molecule has 23 heavy (non-hydrogen) atoms. The van der Waals surface area contributed by atoms with Crippen molar-refractivity contribution in [1.82, 2.24) is 0 Å². The van der Waals surface area contributed by atoms with Crippen molar-refractivity contribution in [2.24, 2.45) is 0 Å². The molecule has 0 aliphatic carbocycles. The van der Waals surface area contributed by atoms with Crippen LogP contribution < -0.4 is 0 Å². The van der Waals surface area contributed by atoms with E-state index < -0.39 is 39.9 Å². The topological polar surface area (TPSA) is 26.3 Å². The number of ether oxygens (including phenoxy) is 1. The lowest BCUT2D eigenvalue weighted by molar-refractivity contribution is -0.143. The van der Waals surface area contributed by atoms with E-state index in [1.165, 1.54) is 0 Å². The second kappa shape index (κ2) is 6.59. The van der Waals surface area contributed by atoms with Gasteiger partial charge < -0.3 is 4.74 Å². The lowest BCUT2D eigenvalue weighted by Crippen LogP contribution is -2.18. The number of carbonyl (C=O) groups excluding carboxylic acids is 1. The van der Waals surface area contributed by atoms with Crippen LogP contribution in [0, 0.1) is 0 Å². The number of esters is 1. The lowest BCUT2D eigenvalue weighted by Gasteiger charge is -2.16. The van der Waals surface area contributed by atoms with E-state index in [9.17, 15) is 31.1 Å². The Kier molecular flexibility index (Phi) is 5.61. The minimum Gasteiger partial charge on any atom is -0.462 e. The van der Waals surface area contributed by atoms with Crippen LogP contribution in [0.1, 0.15) is 41.8 Å². The maximum absolute atomic E-state index is 12.7. The van der Waals surface area contributed by atoms with Crippen molar-refractivity contribution >= 4 is 17.6 Å². The van der Waals surface area contributed by atoms with E-state index in [1.54, 1.807) is 13.8 Å². The van der Waals surface area contributed by atoms with Crippen LogP contribution in [0.2, 0.25) is 0 Å². The summed E-state index contributed by atoms with van der Waals surface area (Å²) in [5.74, 6) is -1.28. The van der Waals surface area contributed by atoms with Crippen LogP contribution in [0.5, 0.6) is 0 Å². The Bertz CT molecular complexity index is 540. The summed E-state index contributed by atoms with van der Waals surface area (Å²) in [6.45, 7) is 3.01. The minimum absolute atomic E-state index is 0.0569. The van der Waals surface area contributed by atoms with Crippen LogP contribution in [0.3, 0.4) is 0 Å². The van der Waals surface area contributed by atoms with Gasteiger partial charge in [0, 0.05) is 11.3 Å². The van der Waals surface area contributed by atoms with Gasteiger partial charge in [-0.1, -0.05) is 0 Å². The summed E-state index contributed by atoms with van der Waals surface area (Å²) in [6, 6.07) is 0.589. The zero-order chi connectivity index (χ0) is 18.1. The normalized spacial score (nSPS) is 13.1.